The molecular weight excluding hydrogens is 200 g/mol. The van der Waals surface area contributed by atoms with E-state index in [-0.39, 0.29) is 0 Å². The first kappa shape index (κ1) is 10.4. The van der Waals surface area contributed by atoms with E-state index in [1.54, 1.807) is 0 Å². The Bertz CT molecular complexity index is 285. The van der Waals surface area contributed by atoms with E-state index in [4.69, 9.17) is 5.73 Å². The van der Waals surface area contributed by atoms with Gasteiger partial charge in [0.25, 0.3) is 0 Å². The predicted molar refractivity (Wildman–Crippen MR) is 65.4 cm³/mol. The maximum Gasteiger partial charge on any atom is 0.191 e. The summed E-state index contributed by atoms with van der Waals surface area (Å²) in [6, 6.07) is 1.28. The zero-order valence-corrected chi connectivity index (χ0v) is 9.94. The Morgan fingerprint density at radius 2 is 1.88 bits per heavy atom. The minimum atomic E-state index is 0.544. The standard InChI is InChI=1S/C12H22N4/c13-12(14-10-4-5-10)16-8-2-7-15-6-1-3-11(15)9-16/h10-11H,1-9H2,(H2,13,14). The summed E-state index contributed by atoms with van der Waals surface area (Å²) in [5, 5.41) is 0. The van der Waals surface area contributed by atoms with Crippen LogP contribution in [0.2, 0.25) is 0 Å². The van der Waals surface area contributed by atoms with Crippen molar-refractivity contribution in [1.82, 2.24) is 9.80 Å². The Morgan fingerprint density at radius 1 is 1.06 bits per heavy atom. The summed E-state index contributed by atoms with van der Waals surface area (Å²) in [7, 11) is 0. The van der Waals surface area contributed by atoms with E-state index in [9.17, 15) is 0 Å². The zero-order chi connectivity index (χ0) is 11.0. The van der Waals surface area contributed by atoms with E-state index >= 15 is 0 Å². The third kappa shape index (κ3) is 2.17. The Labute approximate surface area is 97.5 Å². The van der Waals surface area contributed by atoms with Crippen LogP contribution in [0.1, 0.15) is 32.1 Å². The molecule has 0 aromatic carbocycles. The molecule has 1 unspecified atom stereocenters. The van der Waals surface area contributed by atoms with Crippen LogP contribution in [-0.2, 0) is 0 Å². The SMILES string of the molecule is NC(=NC1CC1)N1CCCN2CCCC2C1. The van der Waals surface area contributed by atoms with Gasteiger partial charge in [0.15, 0.2) is 5.96 Å². The van der Waals surface area contributed by atoms with Crippen LogP contribution in [0.4, 0.5) is 0 Å². The van der Waals surface area contributed by atoms with Crippen LogP contribution in [0.25, 0.3) is 0 Å². The topological polar surface area (TPSA) is 44.9 Å². The van der Waals surface area contributed by atoms with Gasteiger partial charge in [-0.15, -0.1) is 0 Å². The minimum absolute atomic E-state index is 0.544. The maximum atomic E-state index is 6.10. The first-order valence-corrected chi connectivity index (χ1v) is 6.65. The van der Waals surface area contributed by atoms with Crippen LogP contribution in [0.3, 0.4) is 0 Å². The fourth-order valence-electron chi connectivity index (χ4n) is 2.89. The molecule has 1 aliphatic carbocycles. The van der Waals surface area contributed by atoms with Gasteiger partial charge in [0.05, 0.1) is 6.04 Å². The molecule has 0 aromatic rings. The highest BCUT2D eigenvalue weighted by Gasteiger charge is 2.30. The molecule has 3 aliphatic rings. The normalized spacial score (nSPS) is 32.6. The molecule has 0 bridgehead atoms. The molecule has 0 amide bonds. The molecule has 2 heterocycles. The van der Waals surface area contributed by atoms with E-state index in [1.807, 2.05) is 0 Å². The van der Waals surface area contributed by atoms with Crippen LogP contribution in [-0.4, -0.2) is 54.0 Å². The quantitative estimate of drug-likeness (QED) is 0.523. The van der Waals surface area contributed by atoms with Gasteiger partial charge in [-0.25, -0.2) is 4.99 Å². The van der Waals surface area contributed by atoms with Gasteiger partial charge >= 0.3 is 0 Å². The molecule has 3 fully saturated rings. The number of nitrogens with zero attached hydrogens (tertiary/aromatic N) is 3. The minimum Gasteiger partial charge on any atom is -0.370 e. The van der Waals surface area contributed by atoms with E-state index in [1.165, 1.54) is 45.2 Å². The summed E-state index contributed by atoms with van der Waals surface area (Å²) in [6.45, 7) is 4.73. The van der Waals surface area contributed by atoms with Crippen molar-refractivity contribution in [3.63, 3.8) is 0 Å². The molecular formula is C12H22N4. The number of nitrogens with two attached hydrogens (primary N) is 1. The molecule has 2 N–H and O–H groups in total. The summed E-state index contributed by atoms with van der Waals surface area (Å²) in [5.41, 5.74) is 6.10. The third-order valence-electron chi connectivity index (χ3n) is 3.99. The van der Waals surface area contributed by atoms with Crippen molar-refractivity contribution in [1.29, 1.82) is 0 Å². The molecule has 1 saturated carbocycles. The van der Waals surface area contributed by atoms with Crippen molar-refractivity contribution in [2.75, 3.05) is 26.2 Å². The summed E-state index contributed by atoms with van der Waals surface area (Å²) >= 11 is 0. The van der Waals surface area contributed by atoms with E-state index in [0.29, 0.717) is 6.04 Å². The number of guanidine groups is 1. The van der Waals surface area contributed by atoms with Crippen LogP contribution >= 0.6 is 0 Å². The van der Waals surface area contributed by atoms with Gasteiger partial charge < -0.3 is 10.6 Å². The molecule has 2 aliphatic heterocycles. The molecule has 2 saturated heterocycles. The first-order valence-electron chi connectivity index (χ1n) is 6.65. The lowest BCUT2D eigenvalue weighted by Gasteiger charge is -2.26. The van der Waals surface area contributed by atoms with Gasteiger partial charge in [-0.3, -0.25) is 4.90 Å². The molecule has 4 heteroatoms. The third-order valence-corrected chi connectivity index (χ3v) is 3.99. The molecule has 0 aromatic heterocycles. The van der Waals surface area contributed by atoms with Crippen molar-refractivity contribution < 1.29 is 0 Å². The number of rotatable bonds is 1. The molecule has 4 nitrogen and oxygen atoms in total. The van der Waals surface area contributed by atoms with Crippen molar-refractivity contribution in [2.24, 2.45) is 10.7 Å². The van der Waals surface area contributed by atoms with Crippen molar-refractivity contribution >= 4 is 5.96 Å². The monoisotopic (exact) mass is 222 g/mol. The highest BCUT2D eigenvalue weighted by Crippen LogP contribution is 2.25. The second-order valence-corrected chi connectivity index (χ2v) is 5.35. The maximum absolute atomic E-state index is 6.10. The Balaban J connectivity index is 1.65. The van der Waals surface area contributed by atoms with Crippen LogP contribution < -0.4 is 5.73 Å². The molecule has 3 rings (SSSR count). The molecule has 0 spiro atoms. The van der Waals surface area contributed by atoms with Gasteiger partial charge in [0, 0.05) is 25.7 Å². The van der Waals surface area contributed by atoms with Gasteiger partial charge in [0.1, 0.15) is 0 Å². The van der Waals surface area contributed by atoms with Crippen LogP contribution in [0.15, 0.2) is 4.99 Å². The second kappa shape index (κ2) is 4.24. The Hall–Kier alpha value is -0.770. The Kier molecular flexibility index (Phi) is 2.75. The van der Waals surface area contributed by atoms with Crippen LogP contribution in [0.5, 0.6) is 0 Å². The second-order valence-electron chi connectivity index (χ2n) is 5.35. The smallest absolute Gasteiger partial charge is 0.191 e. The van der Waals surface area contributed by atoms with Crippen molar-refractivity contribution in [3.05, 3.63) is 0 Å². The molecule has 90 valence electrons. The number of hydrogen-bond donors (Lipinski definition) is 1. The van der Waals surface area contributed by atoms with Gasteiger partial charge in [-0.1, -0.05) is 0 Å². The average molecular weight is 222 g/mol. The first-order chi connectivity index (χ1) is 7.83. The fraction of sp³-hybridized carbons (Fsp3) is 0.917. The van der Waals surface area contributed by atoms with E-state index in [2.05, 4.69) is 14.8 Å². The summed E-state index contributed by atoms with van der Waals surface area (Å²) in [6.07, 6.45) is 6.41. The highest BCUT2D eigenvalue weighted by atomic mass is 15.3. The summed E-state index contributed by atoms with van der Waals surface area (Å²) in [4.78, 5) is 9.51. The highest BCUT2D eigenvalue weighted by molar-refractivity contribution is 5.78. The van der Waals surface area contributed by atoms with Crippen molar-refractivity contribution in [3.8, 4) is 0 Å². The zero-order valence-electron chi connectivity index (χ0n) is 9.94. The Morgan fingerprint density at radius 3 is 2.69 bits per heavy atom. The van der Waals surface area contributed by atoms with Gasteiger partial charge in [-0.2, -0.15) is 0 Å². The number of aliphatic imine (C=N–C) groups is 1. The van der Waals surface area contributed by atoms with E-state index in [0.717, 1.165) is 25.1 Å². The van der Waals surface area contributed by atoms with E-state index < -0.39 is 0 Å². The largest absolute Gasteiger partial charge is 0.370 e. The molecule has 0 radical (unpaired) electrons. The fourth-order valence-corrected chi connectivity index (χ4v) is 2.89. The van der Waals surface area contributed by atoms with Gasteiger partial charge in [-0.05, 0) is 38.6 Å². The van der Waals surface area contributed by atoms with Crippen molar-refractivity contribution in [2.45, 2.75) is 44.2 Å². The number of fused-ring (bicyclic) bond motifs is 1. The lowest BCUT2D eigenvalue weighted by atomic mass is 10.2. The van der Waals surface area contributed by atoms with Crippen LogP contribution in [0, 0.1) is 0 Å². The number of hydrogen-bond acceptors (Lipinski definition) is 2. The lowest BCUT2D eigenvalue weighted by Crippen LogP contribution is -2.43. The lowest BCUT2D eigenvalue weighted by molar-refractivity contribution is 0.255. The summed E-state index contributed by atoms with van der Waals surface area (Å²) < 4.78 is 0. The predicted octanol–water partition coefficient (Wildman–Crippen LogP) is 0.634. The average Bonchev–Trinajstić information content (AvgIpc) is 3.02. The molecule has 16 heavy (non-hydrogen) atoms. The summed E-state index contributed by atoms with van der Waals surface area (Å²) in [5.74, 6) is 0.802. The van der Waals surface area contributed by atoms with Gasteiger partial charge in [0.2, 0.25) is 0 Å². The molecule has 1 atom stereocenters.